The van der Waals surface area contributed by atoms with Gasteiger partial charge in [-0.15, -0.1) is 11.3 Å². The minimum Gasteiger partial charge on any atom is -0.480 e. The highest BCUT2D eigenvalue weighted by molar-refractivity contribution is 7.19. The molecular weight excluding hydrogens is 534 g/mol. The molecule has 11 heteroatoms. The van der Waals surface area contributed by atoms with Crippen LogP contribution in [0.1, 0.15) is 62.1 Å². The summed E-state index contributed by atoms with van der Waals surface area (Å²) in [5.41, 5.74) is -0.829. The molecule has 1 N–H and O–H groups in total. The van der Waals surface area contributed by atoms with Crippen molar-refractivity contribution in [3.63, 3.8) is 0 Å². The molecule has 10 nitrogen and oxygen atoms in total. The van der Waals surface area contributed by atoms with Gasteiger partial charge in [0.05, 0.1) is 23.7 Å². The van der Waals surface area contributed by atoms with Crippen LogP contribution in [-0.2, 0) is 32.8 Å². The topological polar surface area (TPSA) is 126 Å². The third-order valence-corrected chi connectivity index (χ3v) is 8.59. The zero-order chi connectivity index (χ0) is 28.6. The van der Waals surface area contributed by atoms with Crippen LogP contribution in [0.4, 0.5) is 0 Å². The molecule has 4 heterocycles. The van der Waals surface area contributed by atoms with Gasteiger partial charge >= 0.3 is 11.7 Å². The molecule has 212 valence electrons. The van der Waals surface area contributed by atoms with Gasteiger partial charge in [-0.1, -0.05) is 31.2 Å². The second-order valence-corrected chi connectivity index (χ2v) is 11.6. The Morgan fingerprint density at radius 2 is 2.05 bits per heavy atom. The lowest BCUT2D eigenvalue weighted by Gasteiger charge is -2.30. The number of benzene rings is 1. The van der Waals surface area contributed by atoms with Gasteiger partial charge in [-0.05, 0) is 57.6 Å². The number of aromatic nitrogens is 3. The van der Waals surface area contributed by atoms with E-state index in [-0.39, 0.29) is 17.8 Å². The summed E-state index contributed by atoms with van der Waals surface area (Å²) in [6.45, 7) is 7.20. The molecule has 0 radical (unpaired) electrons. The lowest BCUT2D eigenvalue weighted by molar-refractivity contribution is -0.192. The van der Waals surface area contributed by atoms with E-state index < -0.39 is 35.2 Å². The zero-order valence-electron chi connectivity index (χ0n) is 23.0. The van der Waals surface area contributed by atoms with Gasteiger partial charge < -0.3 is 19.0 Å². The first-order chi connectivity index (χ1) is 19.1. The van der Waals surface area contributed by atoms with Crippen LogP contribution in [0.15, 0.2) is 50.7 Å². The van der Waals surface area contributed by atoms with Crippen LogP contribution >= 0.6 is 11.3 Å². The highest BCUT2D eigenvalue weighted by Gasteiger charge is 2.36. The Morgan fingerprint density at radius 3 is 2.70 bits per heavy atom. The van der Waals surface area contributed by atoms with Crippen LogP contribution in [0.2, 0.25) is 0 Å². The van der Waals surface area contributed by atoms with Crippen molar-refractivity contribution in [2.75, 3.05) is 6.61 Å². The Labute approximate surface area is 234 Å². The molecule has 1 aliphatic heterocycles. The normalized spacial score (nSPS) is 16.9. The molecule has 1 aromatic carbocycles. The minimum absolute atomic E-state index is 0.0488. The van der Waals surface area contributed by atoms with Gasteiger partial charge in [0, 0.05) is 11.5 Å². The summed E-state index contributed by atoms with van der Waals surface area (Å²) in [6, 6.07) is 7.89. The number of ether oxygens (including phenoxy) is 2. The Bertz CT molecular complexity index is 1640. The number of carboxylic acids is 1. The summed E-state index contributed by atoms with van der Waals surface area (Å²) in [5.74, 6) is -1.08. The van der Waals surface area contributed by atoms with Crippen molar-refractivity contribution in [3.05, 3.63) is 73.6 Å². The number of aryl methyl sites for hydroxylation is 2. The lowest BCUT2D eigenvalue weighted by atomic mass is 10.00. The van der Waals surface area contributed by atoms with Gasteiger partial charge in [0.1, 0.15) is 22.7 Å². The van der Waals surface area contributed by atoms with Gasteiger partial charge in [-0.3, -0.25) is 9.36 Å². The van der Waals surface area contributed by atoms with Crippen molar-refractivity contribution in [1.82, 2.24) is 14.1 Å². The van der Waals surface area contributed by atoms with E-state index in [4.69, 9.17) is 13.9 Å². The van der Waals surface area contributed by atoms with Gasteiger partial charge in [0.25, 0.3) is 5.56 Å². The predicted octanol–water partition coefficient (Wildman–Crippen LogP) is 4.85. The molecule has 5 rings (SSSR count). The number of rotatable bonds is 9. The number of hydrogen-bond acceptors (Lipinski definition) is 8. The van der Waals surface area contributed by atoms with Crippen LogP contribution < -0.4 is 11.2 Å². The molecular formula is C29H33N3O7S. The fourth-order valence-electron chi connectivity index (χ4n) is 5.23. The van der Waals surface area contributed by atoms with Crippen molar-refractivity contribution in [2.24, 2.45) is 0 Å². The van der Waals surface area contributed by atoms with E-state index in [1.165, 1.54) is 42.2 Å². The van der Waals surface area contributed by atoms with Crippen molar-refractivity contribution < 1.29 is 23.8 Å². The van der Waals surface area contributed by atoms with Crippen LogP contribution in [0, 0.1) is 6.92 Å². The Kier molecular flexibility index (Phi) is 7.80. The highest BCUT2D eigenvalue weighted by Crippen LogP contribution is 2.37. The van der Waals surface area contributed by atoms with Crippen LogP contribution in [-0.4, -0.2) is 38.1 Å². The molecule has 1 unspecified atom stereocenters. The number of thiophene rings is 1. The molecule has 0 saturated carbocycles. The van der Waals surface area contributed by atoms with Crippen LogP contribution in [0.3, 0.4) is 0 Å². The average Bonchev–Trinajstić information content (AvgIpc) is 3.58. The Hall–Kier alpha value is -3.54. The number of hydrogen-bond donors (Lipinski definition) is 1. The summed E-state index contributed by atoms with van der Waals surface area (Å²) in [4.78, 5) is 45.7. The third-order valence-electron chi connectivity index (χ3n) is 7.46. The van der Waals surface area contributed by atoms with E-state index in [0.717, 1.165) is 46.3 Å². The van der Waals surface area contributed by atoms with Crippen molar-refractivity contribution >= 4 is 27.5 Å². The predicted molar refractivity (Wildman–Crippen MR) is 151 cm³/mol. The Morgan fingerprint density at radius 1 is 1.27 bits per heavy atom. The van der Waals surface area contributed by atoms with Gasteiger partial charge in [-0.25, -0.2) is 19.1 Å². The molecule has 40 heavy (non-hydrogen) atoms. The minimum atomic E-state index is -1.82. The SMILES string of the molecule is CCc1ccccc1[C@H](Cn1c(=O)n(C(C)(C)C(=O)O)c(=O)c2c(-c3ncco3)c(C)sc21)OC1CCCCO1. The molecule has 1 saturated heterocycles. The standard InChI is InChI=1S/C29H33N3O7S/c1-5-18-10-6-7-11-19(18)20(39-21-12-8-9-14-37-21)16-31-26-23(22(17(2)40-26)24-30-13-15-38-24)25(33)32(28(31)36)29(3,4)27(34)35/h6-7,10-11,13,15,20-21H,5,8-9,12,14,16H2,1-4H3,(H,34,35)/t20-,21?/m0/s1. The van der Waals surface area contributed by atoms with Crippen molar-refractivity contribution in [2.45, 2.75) is 77.9 Å². The number of oxazole rings is 1. The summed E-state index contributed by atoms with van der Waals surface area (Å²) < 4.78 is 20.3. The fourth-order valence-corrected chi connectivity index (χ4v) is 6.37. The quantitative estimate of drug-likeness (QED) is 0.304. The molecule has 2 atom stereocenters. The maximum absolute atomic E-state index is 14.1. The number of nitrogens with zero attached hydrogens (tertiary/aromatic N) is 3. The van der Waals surface area contributed by atoms with Crippen molar-refractivity contribution in [1.29, 1.82) is 0 Å². The van der Waals surface area contributed by atoms with E-state index in [0.29, 0.717) is 17.0 Å². The molecule has 4 aromatic rings. The van der Waals surface area contributed by atoms with E-state index in [1.54, 1.807) is 0 Å². The smallest absolute Gasteiger partial charge is 0.333 e. The first-order valence-electron chi connectivity index (χ1n) is 13.4. The number of carbonyl (C=O) groups is 1. The second-order valence-electron chi connectivity index (χ2n) is 10.4. The first kappa shape index (κ1) is 28.0. The van der Waals surface area contributed by atoms with Crippen LogP contribution in [0.25, 0.3) is 21.7 Å². The van der Waals surface area contributed by atoms with E-state index in [2.05, 4.69) is 11.9 Å². The molecule has 0 amide bonds. The summed E-state index contributed by atoms with van der Waals surface area (Å²) in [6.07, 6.45) is 5.27. The summed E-state index contributed by atoms with van der Waals surface area (Å²) >= 11 is 1.27. The highest BCUT2D eigenvalue weighted by atomic mass is 32.1. The molecule has 1 fully saturated rings. The van der Waals surface area contributed by atoms with E-state index in [9.17, 15) is 19.5 Å². The molecule has 1 aliphatic rings. The molecule has 0 bridgehead atoms. The maximum Gasteiger partial charge on any atom is 0.333 e. The van der Waals surface area contributed by atoms with Gasteiger partial charge in [-0.2, -0.15) is 0 Å². The number of carboxylic acid groups (broad SMARTS) is 1. The average molecular weight is 568 g/mol. The van der Waals surface area contributed by atoms with Gasteiger partial charge in [0.15, 0.2) is 6.29 Å². The van der Waals surface area contributed by atoms with Gasteiger partial charge in [0.2, 0.25) is 5.89 Å². The molecule has 0 spiro atoms. The first-order valence-corrected chi connectivity index (χ1v) is 14.2. The second kappa shape index (κ2) is 11.1. The number of aliphatic carboxylic acids is 1. The van der Waals surface area contributed by atoms with Crippen molar-refractivity contribution in [3.8, 4) is 11.5 Å². The summed E-state index contributed by atoms with van der Waals surface area (Å²) in [7, 11) is 0. The van der Waals surface area contributed by atoms with E-state index in [1.807, 2.05) is 31.2 Å². The molecule has 3 aromatic heterocycles. The maximum atomic E-state index is 14.1. The summed E-state index contributed by atoms with van der Waals surface area (Å²) in [5, 5.41) is 10.2. The fraction of sp³-hybridized carbons (Fsp3) is 0.448. The van der Waals surface area contributed by atoms with Crippen LogP contribution in [0.5, 0.6) is 0 Å². The zero-order valence-corrected chi connectivity index (χ0v) is 23.8. The Balaban J connectivity index is 1.77. The third kappa shape index (κ3) is 4.93. The van der Waals surface area contributed by atoms with E-state index >= 15 is 0 Å². The molecule has 0 aliphatic carbocycles. The number of fused-ring (bicyclic) bond motifs is 1. The monoisotopic (exact) mass is 567 g/mol. The lowest BCUT2D eigenvalue weighted by Crippen LogP contribution is -2.52. The largest absolute Gasteiger partial charge is 0.480 e.